The number of carbonyl (C=O) groups is 2. The van der Waals surface area contributed by atoms with Crippen molar-refractivity contribution < 1.29 is 18.7 Å². The predicted octanol–water partition coefficient (Wildman–Crippen LogP) is 3.93. The minimum absolute atomic E-state index is 0.0514. The van der Waals surface area contributed by atoms with E-state index in [2.05, 4.69) is 10.6 Å². The van der Waals surface area contributed by atoms with Crippen LogP contribution < -0.4 is 10.6 Å². The number of amides is 3. The first kappa shape index (κ1) is 22.3. The van der Waals surface area contributed by atoms with E-state index in [0.29, 0.717) is 32.8 Å². The van der Waals surface area contributed by atoms with Gasteiger partial charge in [0, 0.05) is 44.0 Å². The van der Waals surface area contributed by atoms with E-state index in [4.69, 9.17) is 4.74 Å². The number of halogens is 1. The number of benzene rings is 2. The Morgan fingerprint density at radius 3 is 2.62 bits per heavy atom. The molecular formula is C25H30FN3O3. The van der Waals surface area contributed by atoms with Crippen LogP contribution in [0.15, 0.2) is 54.6 Å². The van der Waals surface area contributed by atoms with E-state index in [0.717, 1.165) is 36.9 Å². The van der Waals surface area contributed by atoms with Crippen molar-refractivity contribution in [3.63, 3.8) is 0 Å². The summed E-state index contributed by atoms with van der Waals surface area (Å²) >= 11 is 0. The van der Waals surface area contributed by atoms with Crippen LogP contribution in [0.2, 0.25) is 0 Å². The summed E-state index contributed by atoms with van der Waals surface area (Å²) in [4.78, 5) is 27.4. The fourth-order valence-corrected chi connectivity index (χ4v) is 4.65. The van der Waals surface area contributed by atoms with Gasteiger partial charge in [-0.3, -0.25) is 4.79 Å². The Morgan fingerprint density at radius 2 is 1.88 bits per heavy atom. The van der Waals surface area contributed by atoms with E-state index < -0.39 is 0 Å². The first-order valence-electron chi connectivity index (χ1n) is 11.3. The Balaban J connectivity index is 1.37. The van der Waals surface area contributed by atoms with Gasteiger partial charge in [0.2, 0.25) is 5.91 Å². The Labute approximate surface area is 188 Å². The van der Waals surface area contributed by atoms with Gasteiger partial charge in [-0.15, -0.1) is 0 Å². The highest BCUT2D eigenvalue weighted by molar-refractivity contribution is 5.90. The normalized spacial score (nSPS) is 20.4. The van der Waals surface area contributed by atoms with E-state index in [9.17, 15) is 14.0 Å². The summed E-state index contributed by atoms with van der Waals surface area (Å²) in [6.07, 6.45) is 2.99. The van der Waals surface area contributed by atoms with Crippen LogP contribution in [-0.4, -0.2) is 49.7 Å². The third kappa shape index (κ3) is 5.27. The van der Waals surface area contributed by atoms with Crippen molar-refractivity contribution in [1.82, 2.24) is 10.2 Å². The number of para-hydroxylation sites is 1. The number of hydrogen-bond donors (Lipinski definition) is 2. The van der Waals surface area contributed by atoms with Gasteiger partial charge in [0.25, 0.3) is 0 Å². The maximum absolute atomic E-state index is 13.9. The average Bonchev–Trinajstić information content (AvgIpc) is 2.84. The van der Waals surface area contributed by atoms with Crippen molar-refractivity contribution in [3.05, 3.63) is 66.0 Å². The molecular weight excluding hydrogens is 409 g/mol. The van der Waals surface area contributed by atoms with Gasteiger partial charge >= 0.3 is 6.03 Å². The molecule has 0 saturated carbocycles. The number of likely N-dealkylation sites (tertiary alicyclic amines) is 1. The standard InChI is InChI=1S/C25H30FN3O3/c26-21-8-4-7-20(16-21)25(11-14-32-15-12-25)18-27-23(30)19-6-5-13-29(17-19)24(31)28-22-9-2-1-3-10-22/h1-4,7-10,16,19H,5-6,11-15,17-18H2,(H,27,30)(H,28,31). The number of nitrogens with zero attached hydrogens (tertiary/aromatic N) is 1. The molecule has 1 atom stereocenters. The molecule has 6 nitrogen and oxygen atoms in total. The molecule has 4 rings (SSSR count). The van der Waals surface area contributed by atoms with Gasteiger partial charge in [-0.25, -0.2) is 9.18 Å². The van der Waals surface area contributed by atoms with E-state index >= 15 is 0 Å². The number of rotatable bonds is 5. The Bertz CT molecular complexity index is 931. The third-order valence-corrected chi connectivity index (χ3v) is 6.59. The van der Waals surface area contributed by atoms with Crippen molar-refractivity contribution in [2.45, 2.75) is 31.1 Å². The molecule has 0 bridgehead atoms. The van der Waals surface area contributed by atoms with E-state index in [1.165, 1.54) is 6.07 Å². The summed E-state index contributed by atoms with van der Waals surface area (Å²) in [6.45, 7) is 2.63. The summed E-state index contributed by atoms with van der Waals surface area (Å²) in [7, 11) is 0. The molecule has 2 aliphatic heterocycles. The molecule has 2 aliphatic rings. The van der Waals surface area contributed by atoms with Crippen molar-refractivity contribution in [2.24, 2.45) is 5.92 Å². The van der Waals surface area contributed by atoms with Crippen LogP contribution >= 0.6 is 0 Å². The molecule has 0 aliphatic carbocycles. The summed E-state index contributed by atoms with van der Waals surface area (Å²) in [6, 6.07) is 15.8. The van der Waals surface area contributed by atoms with Crippen LogP contribution in [0.25, 0.3) is 0 Å². The molecule has 7 heteroatoms. The second-order valence-electron chi connectivity index (χ2n) is 8.70. The summed E-state index contributed by atoms with van der Waals surface area (Å²) < 4.78 is 19.4. The molecule has 2 N–H and O–H groups in total. The number of anilines is 1. The van der Waals surface area contributed by atoms with E-state index in [-0.39, 0.29) is 29.1 Å². The Morgan fingerprint density at radius 1 is 1.09 bits per heavy atom. The van der Waals surface area contributed by atoms with Crippen LogP contribution in [0.5, 0.6) is 0 Å². The highest BCUT2D eigenvalue weighted by Gasteiger charge is 2.36. The molecule has 32 heavy (non-hydrogen) atoms. The molecule has 2 aromatic rings. The van der Waals surface area contributed by atoms with E-state index in [1.54, 1.807) is 17.0 Å². The maximum Gasteiger partial charge on any atom is 0.321 e. The summed E-state index contributed by atoms with van der Waals surface area (Å²) in [5, 5.41) is 6.01. The number of piperidine rings is 1. The topological polar surface area (TPSA) is 70.7 Å². The minimum atomic E-state index is -0.338. The molecule has 1 unspecified atom stereocenters. The first-order chi connectivity index (χ1) is 15.6. The molecule has 0 radical (unpaired) electrons. The monoisotopic (exact) mass is 439 g/mol. The van der Waals surface area contributed by atoms with Gasteiger partial charge in [-0.2, -0.15) is 0 Å². The van der Waals surface area contributed by atoms with Gasteiger partial charge in [0.05, 0.1) is 5.92 Å². The minimum Gasteiger partial charge on any atom is -0.381 e. The molecule has 2 heterocycles. The second-order valence-corrected chi connectivity index (χ2v) is 8.70. The van der Waals surface area contributed by atoms with E-state index in [1.807, 2.05) is 36.4 Å². The molecule has 2 aromatic carbocycles. The number of urea groups is 1. The van der Waals surface area contributed by atoms with Gasteiger partial charge < -0.3 is 20.3 Å². The molecule has 0 aromatic heterocycles. The van der Waals surface area contributed by atoms with Crippen molar-refractivity contribution in [1.29, 1.82) is 0 Å². The van der Waals surface area contributed by atoms with Gasteiger partial charge in [-0.1, -0.05) is 30.3 Å². The van der Waals surface area contributed by atoms with Gasteiger partial charge in [0.15, 0.2) is 0 Å². The van der Waals surface area contributed by atoms with Crippen LogP contribution in [0.4, 0.5) is 14.9 Å². The van der Waals surface area contributed by atoms with Gasteiger partial charge in [-0.05, 0) is 55.5 Å². The predicted molar refractivity (Wildman–Crippen MR) is 121 cm³/mol. The summed E-state index contributed by atoms with van der Waals surface area (Å²) in [5.74, 6) is -0.578. The first-order valence-corrected chi connectivity index (χ1v) is 11.3. The zero-order valence-corrected chi connectivity index (χ0v) is 18.2. The number of ether oxygens (including phenoxy) is 1. The lowest BCUT2D eigenvalue weighted by atomic mass is 9.74. The maximum atomic E-state index is 13.9. The Kier molecular flexibility index (Phi) is 7.05. The van der Waals surface area contributed by atoms with Crippen LogP contribution in [0.1, 0.15) is 31.2 Å². The SMILES string of the molecule is O=C(NCC1(c2cccc(F)c2)CCOCC1)C1CCCN(C(=O)Nc2ccccc2)C1. The summed E-state index contributed by atoms with van der Waals surface area (Å²) in [5.41, 5.74) is 1.30. The number of carbonyl (C=O) groups excluding carboxylic acids is 2. The highest BCUT2D eigenvalue weighted by atomic mass is 19.1. The largest absolute Gasteiger partial charge is 0.381 e. The molecule has 0 spiro atoms. The lowest BCUT2D eigenvalue weighted by Crippen LogP contribution is -2.50. The molecule has 3 amide bonds. The van der Waals surface area contributed by atoms with Crippen LogP contribution in [0, 0.1) is 11.7 Å². The second kappa shape index (κ2) is 10.1. The smallest absolute Gasteiger partial charge is 0.321 e. The Hall–Kier alpha value is -2.93. The lowest BCUT2D eigenvalue weighted by Gasteiger charge is -2.39. The van der Waals surface area contributed by atoms with Gasteiger partial charge in [0.1, 0.15) is 5.82 Å². The van der Waals surface area contributed by atoms with Crippen LogP contribution in [0.3, 0.4) is 0 Å². The zero-order chi connectivity index (χ0) is 22.4. The fourth-order valence-electron chi connectivity index (χ4n) is 4.65. The van der Waals surface area contributed by atoms with Crippen molar-refractivity contribution in [2.75, 3.05) is 38.2 Å². The van der Waals surface area contributed by atoms with Crippen molar-refractivity contribution in [3.8, 4) is 0 Å². The third-order valence-electron chi connectivity index (χ3n) is 6.59. The highest BCUT2D eigenvalue weighted by Crippen LogP contribution is 2.35. The quantitative estimate of drug-likeness (QED) is 0.742. The molecule has 2 fully saturated rings. The molecule has 170 valence electrons. The molecule has 2 saturated heterocycles. The number of nitrogens with one attached hydrogen (secondary N) is 2. The number of hydrogen-bond acceptors (Lipinski definition) is 3. The lowest BCUT2D eigenvalue weighted by molar-refractivity contribution is -0.126. The average molecular weight is 440 g/mol. The zero-order valence-electron chi connectivity index (χ0n) is 18.2. The van der Waals surface area contributed by atoms with Crippen LogP contribution in [-0.2, 0) is 14.9 Å². The van der Waals surface area contributed by atoms with Crippen molar-refractivity contribution >= 4 is 17.6 Å². The fraction of sp³-hybridized carbons (Fsp3) is 0.440.